The molecular formula is C24H32N2O4. The van der Waals surface area contributed by atoms with Crippen molar-refractivity contribution in [2.75, 3.05) is 20.3 Å². The second kappa shape index (κ2) is 14.0. The highest BCUT2D eigenvalue weighted by Gasteiger charge is 2.02. The summed E-state index contributed by atoms with van der Waals surface area (Å²) in [6.45, 7) is 2.83. The minimum Gasteiger partial charge on any atom is -0.497 e. The largest absolute Gasteiger partial charge is 0.497 e. The van der Waals surface area contributed by atoms with E-state index in [9.17, 15) is 4.79 Å². The Labute approximate surface area is 179 Å². The average Bonchev–Trinajstić information content (AvgIpc) is 2.78. The van der Waals surface area contributed by atoms with Gasteiger partial charge in [-0.15, -0.1) is 0 Å². The normalized spacial score (nSPS) is 10.7. The van der Waals surface area contributed by atoms with Gasteiger partial charge in [-0.05, 0) is 60.5 Å². The van der Waals surface area contributed by atoms with Crippen LogP contribution in [0.4, 0.5) is 0 Å². The van der Waals surface area contributed by atoms with E-state index in [1.165, 1.54) is 32.1 Å². The van der Waals surface area contributed by atoms with Crippen molar-refractivity contribution in [2.45, 2.75) is 45.4 Å². The molecule has 162 valence electrons. The van der Waals surface area contributed by atoms with E-state index in [-0.39, 0.29) is 12.5 Å². The molecule has 2 aromatic carbocycles. The predicted octanol–water partition coefficient (Wildman–Crippen LogP) is 4.96. The van der Waals surface area contributed by atoms with Crippen molar-refractivity contribution in [2.24, 2.45) is 5.10 Å². The van der Waals surface area contributed by atoms with E-state index in [0.29, 0.717) is 5.75 Å². The summed E-state index contributed by atoms with van der Waals surface area (Å²) in [5, 5.41) is 3.92. The summed E-state index contributed by atoms with van der Waals surface area (Å²) in [4.78, 5) is 11.8. The Morgan fingerprint density at radius 2 is 1.47 bits per heavy atom. The van der Waals surface area contributed by atoms with Crippen LogP contribution in [-0.2, 0) is 4.79 Å². The average molecular weight is 413 g/mol. The summed E-state index contributed by atoms with van der Waals surface area (Å²) >= 11 is 0. The first-order valence-electron chi connectivity index (χ1n) is 10.5. The number of unbranched alkanes of at least 4 members (excludes halogenated alkanes) is 5. The van der Waals surface area contributed by atoms with E-state index < -0.39 is 0 Å². The zero-order valence-corrected chi connectivity index (χ0v) is 17.9. The van der Waals surface area contributed by atoms with Gasteiger partial charge >= 0.3 is 0 Å². The Balaban J connectivity index is 1.61. The minimum atomic E-state index is -0.330. The van der Waals surface area contributed by atoms with E-state index in [0.717, 1.165) is 30.1 Å². The molecule has 0 heterocycles. The fourth-order valence-electron chi connectivity index (χ4n) is 2.75. The molecule has 6 heteroatoms. The minimum absolute atomic E-state index is 0.113. The third-order valence-electron chi connectivity index (χ3n) is 4.48. The standard InChI is InChI=1S/C24H32N2O4/c1-3-4-5-6-7-8-17-29-22-13-15-23(16-14-22)30-19-24(27)26-25-18-20-9-11-21(28-2)12-10-20/h9-16,18H,3-8,17,19H2,1-2H3,(H,26,27). The molecule has 0 aliphatic carbocycles. The molecule has 0 aromatic heterocycles. The first-order chi connectivity index (χ1) is 14.7. The maximum absolute atomic E-state index is 11.8. The Hall–Kier alpha value is -3.02. The molecule has 0 spiro atoms. The van der Waals surface area contributed by atoms with Crippen LogP contribution in [0.15, 0.2) is 53.6 Å². The Bertz CT molecular complexity index is 758. The van der Waals surface area contributed by atoms with Gasteiger partial charge in [0.25, 0.3) is 5.91 Å². The van der Waals surface area contributed by atoms with Crippen molar-refractivity contribution >= 4 is 12.1 Å². The van der Waals surface area contributed by atoms with Gasteiger partial charge in [0, 0.05) is 0 Å². The monoisotopic (exact) mass is 412 g/mol. The van der Waals surface area contributed by atoms with E-state index in [1.54, 1.807) is 25.5 Å². The summed E-state index contributed by atoms with van der Waals surface area (Å²) in [5.41, 5.74) is 3.30. The first-order valence-corrected chi connectivity index (χ1v) is 10.5. The second-order valence-electron chi connectivity index (χ2n) is 6.94. The van der Waals surface area contributed by atoms with Crippen LogP contribution in [0.25, 0.3) is 0 Å². The zero-order valence-electron chi connectivity index (χ0n) is 17.9. The number of ether oxygens (including phenoxy) is 3. The van der Waals surface area contributed by atoms with Crippen LogP contribution in [-0.4, -0.2) is 32.4 Å². The molecule has 2 aromatic rings. The first kappa shape index (κ1) is 23.3. The third-order valence-corrected chi connectivity index (χ3v) is 4.48. The molecule has 0 aliphatic rings. The van der Waals surface area contributed by atoms with E-state index in [1.807, 2.05) is 36.4 Å². The Kier molecular flexibility index (Phi) is 10.9. The molecule has 1 amide bonds. The fraction of sp³-hybridized carbons (Fsp3) is 0.417. The second-order valence-corrected chi connectivity index (χ2v) is 6.94. The number of rotatable bonds is 14. The molecule has 0 bridgehead atoms. The SMILES string of the molecule is CCCCCCCCOc1ccc(OCC(=O)NN=Cc2ccc(OC)cc2)cc1. The van der Waals surface area contributed by atoms with Crippen molar-refractivity contribution in [3.63, 3.8) is 0 Å². The molecule has 0 fully saturated rings. The number of hydrogen-bond acceptors (Lipinski definition) is 5. The number of benzene rings is 2. The zero-order chi connectivity index (χ0) is 21.4. The molecule has 30 heavy (non-hydrogen) atoms. The Morgan fingerprint density at radius 3 is 2.13 bits per heavy atom. The highest BCUT2D eigenvalue weighted by molar-refractivity contribution is 5.83. The lowest BCUT2D eigenvalue weighted by molar-refractivity contribution is -0.123. The van der Waals surface area contributed by atoms with Crippen molar-refractivity contribution in [3.8, 4) is 17.2 Å². The fourth-order valence-corrected chi connectivity index (χ4v) is 2.75. The highest BCUT2D eigenvalue weighted by atomic mass is 16.5. The van der Waals surface area contributed by atoms with Crippen molar-refractivity contribution in [1.82, 2.24) is 5.43 Å². The van der Waals surface area contributed by atoms with Crippen LogP contribution < -0.4 is 19.6 Å². The summed E-state index contributed by atoms with van der Waals surface area (Å²) in [5.74, 6) is 1.85. The summed E-state index contributed by atoms with van der Waals surface area (Å²) < 4.78 is 16.3. The van der Waals surface area contributed by atoms with Crippen LogP contribution in [0, 0.1) is 0 Å². The quantitative estimate of drug-likeness (QED) is 0.270. The molecule has 0 aliphatic heterocycles. The highest BCUT2D eigenvalue weighted by Crippen LogP contribution is 2.18. The van der Waals surface area contributed by atoms with E-state index in [4.69, 9.17) is 14.2 Å². The van der Waals surface area contributed by atoms with Gasteiger partial charge in [0.2, 0.25) is 0 Å². The van der Waals surface area contributed by atoms with Gasteiger partial charge in [-0.25, -0.2) is 5.43 Å². The molecule has 1 N–H and O–H groups in total. The maximum atomic E-state index is 11.8. The van der Waals surface area contributed by atoms with Crippen LogP contribution >= 0.6 is 0 Å². The number of carbonyl (C=O) groups is 1. The van der Waals surface area contributed by atoms with Gasteiger partial charge in [-0.2, -0.15) is 5.10 Å². The number of nitrogens with zero attached hydrogens (tertiary/aromatic N) is 1. The summed E-state index contributed by atoms with van der Waals surface area (Å²) in [7, 11) is 1.61. The van der Waals surface area contributed by atoms with Gasteiger partial charge < -0.3 is 14.2 Å². The maximum Gasteiger partial charge on any atom is 0.277 e. The van der Waals surface area contributed by atoms with Crippen molar-refractivity contribution in [3.05, 3.63) is 54.1 Å². The molecule has 0 radical (unpaired) electrons. The number of carbonyl (C=O) groups excluding carboxylic acids is 1. The van der Waals surface area contributed by atoms with Gasteiger partial charge in [0.1, 0.15) is 17.2 Å². The molecule has 0 saturated carbocycles. The number of methoxy groups -OCH3 is 1. The number of amides is 1. The molecule has 6 nitrogen and oxygen atoms in total. The van der Waals surface area contributed by atoms with Gasteiger partial charge in [-0.1, -0.05) is 39.0 Å². The van der Waals surface area contributed by atoms with Crippen LogP contribution in [0.1, 0.15) is 51.0 Å². The number of nitrogens with one attached hydrogen (secondary N) is 1. The van der Waals surface area contributed by atoms with Gasteiger partial charge in [0.15, 0.2) is 6.61 Å². The summed E-state index contributed by atoms with van der Waals surface area (Å²) in [6.07, 6.45) is 9.00. The third kappa shape index (κ3) is 9.45. The van der Waals surface area contributed by atoms with Crippen LogP contribution in [0.3, 0.4) is 0 Å². The number of hydrogen-bond donors (Lipinski definition) is 1. The van der Waals surface area contributed by atoms with E-state index >= 15 is 0 Å². The lowest BCUT2D eigenvalue weighted by Gasteiger charge is -2.08. The predicted molar refractivity (Wildman–Crippen MR) is 120 cm³/mol. The lowest BCUT2D eigenvalue weighted by atomic mass is 10.1. The topological polar surface area (TPSA) is 69.2 Å². The van der Waals surface area contributed by atoms with E-state index in [2.05, 4.69) is 17.5 Å². The van der Waals surface area contributed by atoms with Crippen LogP contribution in [0.5, 0.6) is 17.2 Å². The van der Waals surface area contributed by atoms with Gasteiger partial charge in [0.05, 0.1) is 19.9 Å². The number of hydrazone groups is 1. The molecule has 0 atom stereocenters. The van der Waals surface area contributed by atoms with Gasteiger partial charge in [-0.3, -0.25) is 4.79 Å². The van der Waals surface area contributed by atoms with Crippen LogP contribution in [0.2, 0.25) is 0 Å². The summed E-state index contributed by atoms with van der Waals surface area (Å²) in [6, 6.07) is 14.6. The Morgan fingerprint density at radius 1 is 0.867 bits per heavy atom. The molecule has 2 rings (SSSR count). The molecule has 0 unspecified atom stereocenters. The lowest BCUT2D eigenvalue weighted by Crippen LogP contribution is -2.24. The molecular weight excluding hydrogens is 380 g/mol. The molecule has 0 saturated heterocycles. The van der Waals surface area contributed by atoms with Crippen molar-refractivity contribution < 1.29 is 19.0 Å². The van der Waals surface area contributed by atoms with Crippen molar-refractivity contribution in [1.29, 1.82) is 0 Å². The smallest absolute Gasteiger partial charge is 0.277 e.